The van der Waals surface area contributed by atoms with Crippen LogP contribution in [0.25, 0.3) is 0 Å². The zero-order valence-electron chi connectivity index (χ0n) is 15.2. The number of nitro benzene ring substituents is 1. The topological polar surface area (TPSA) is 85.0 Å². The molecule has 0 saturated carbocycles. The summed E-state index contributed by atoms with van der Waals surface area (Å²) in [6, 6.07) is 11.9. The molecule has 0 N–H and O–H groups in total. The lowest BCUT2D eigenvalue weighted by Gasteiger charge is -2.16. The van der Waals surface area contributed by atoms with Crippen LogP contribution in [0.4, 0.5) is 11.4 Å². The molecule has 1 heterocycles. The van der Waals surface area contributed by atoms with Crippen molar-refractivity contribution in [2.45, 2.75) is 19.1 Å². The molecule has 140 valence electrons. The number of hydrogen-bond acceptors (Lipinski definition) is 6. The molecule has 0 aromatic heterocycles. The van der Waals surface area contributed by atoms with Gasteiger partial charge in [-0.05, 0) is 36.8 Å². The molecular formula is C19H19N3O4S. The number of aryl methyl sites for hydroxylation is 1. The number of thioether (sulfide) groups is 1. The Bertz CT molecular complexity index is 929. The van der Waals surface area contributed by atoms with E-state index in [1.165, 1.54) is 37.1 Å². The van der Waals surface area contributed by atoms with E-state index >= 15 is 0 Å². The number of carbonyl (C=O) groups excluding carboxylic acids is 1. The largest absolute Gasteiger partial charge is 0.490 e. The Kier molecular flexibility index (Phi) is 5.46. The summed E-state index contributed by atoms with van der Waals surface area (Å²) < 4.78 is 5.00. The van der Waals surface area contributed by atoms with Crippen LogP contribution < -0.4 is 4.74 Å². The van der Waals surface area contributed by atoms with Gasteiger partial charge in [0, 0.05) is 23.4 Å². The van der Waals surface area contributed by atoms with Gasteiger partial charge >= 0.3 is 5.69 Å². The van der Waals surface area contributed by atoms with Gasteiger partial charge in [0.1, 0.15) is 0 Å². The molecule has 0 radical (unpaired) electrons. The second-order valence-electron chi connectivity index (χ2n) is 6.22. The van der Waals surface area contributed by atoms with Gasteiger partial charge in [-0.1, -0.05) is 30.8 Å². The molecular weight excluding hydrogens is 366 g/mol. The molecule has 0 unspecified atom stereocenters. The van der Waals surface area contributed by atoms with Crippen LogP contribution in [-0.2, 0) is 0 Å². The third-order valence-corrected chi connectivity index (χ3v) is 5.15. The molecule has 7 nitrogen and oxygen atoms in total. The zero-order chi connectivity index (χ0) is 19.6. The zero-order valence-corrected chi connectivity index (χ0v) is 16.0. The number of hydrogen-bond donors (Lipinski definition) is 0. The number of amides is 1. The Hall–Kier alpha value is -2.87. The van der Waals surface area contributed by atoms with E-state index in [2.05, 4.69) is 4.99 Å². The van der Waals surface area contributed by atoms with Crippen LogP contribution in [0.2, 0.25) is 0 Å². The van der Waals surface area contributed by atoms with E-state index < -0.39 is 4.92 Å². The Morgan fingerprint density at radius 3 is 2.78 bits per heavy atom. The molecule has 2 aromatic carbocycles. The standard InChI is InChI=1S/C19H19N3O4S/c1-12-5-4-6-15(9-12)20-19-21(11-13(2)27-19)18(23)14-7-8-17(26-3)16(10-14)22(24)25/h4-10,13H,11H2,1-3H3/t13-/m0/s1. The number of amidine groups is 1. The maximum atomic E-state index is 13.0. The maximum absolute atomic E-state index is 13.0. The minimum absolute atomic E-state index is 0.120. The van der Waals surface area contributed by atoms with Crippen molar-refractivity contribution in [3.63, 3.8) is 0 Å². The Morgan fingerprint density at radius 1 is 1.33 bits per heavy atom. The molecule has 2 aromatic rings. The second-order valence-corrected chi connectivity index (χ2v) is 7.63. The number of aliphatic imine (C=N–C) groups is 1. The van der Waals surface area contributed by atoms with Gasteiger partial charge in [-0.15, -0.1) is 0 Å². The Balaban J connectivity index is 1.95. The highest BCUT2D eigenvalue weighted by Crippen LogP contribution is 2.32. The van der Waals surface area contributed by atoms with Gasteiger partial charge in [0.05, 0.1) is 17.7 Å². The van der Waals surface area contributed by atoms with E-state index in [4.69, 9.17) is 4.74 Å². The van der Waals surface area contributed by atoms with Gasteiger partial charge in [0.25, 0.3) is 5.91 Å². The van der Waals surface area contributed by atoms with E-state index in [1.807, 2.05) is 38.1 Å². The summed E-state index contributed by atoms with van der Waals surface area (Å²) >= 11 is 1.51. The van der Waals surface area contributed by atoms with Gasteiger partial charge in [-0.3, -0.25) is 19.8 Å². The quantitative estimate of drug-likeness (QED) is 0.582. The maximum Gasteiger partial charge on any atom is 0.311 e. The van der Waals surface area contributed by atoms with Gasteiger partial charge in [0.2, 0.25) is 0 Å². The third kappa shape index (κ3) is 4.11. The lowest BCUT2D eigenvalue weighted by molar-refractivity contribution is -0.385. The van der Waals surface area contributed by atoms with E-state index in [1.54, 1.807) is 4.90 Å². The number of benzene rings is 2. The summed E-state index contributed by atoms with van der Waals surface area (Å²) in [4.78, 5) is 29.9. The highest BCUT2D eigenvalue weighted by atomic mass is 32.2. The van der Waals surface area contributed by atoms with Crippen LogP contribution in [-0.4, -0.2) is 39.8 Å². The lowest BCUT2D eigenvalue weighted by Crippen LogP contribution is -2.32. The highest BCUT2D eigenvalue weighted by molar-refractivity contribution is 8.14. The minimum Gasteiger partial charge on any atom is -0.490 e. The number of rotatable bonds is 4. The summed E-state index contributed by atoms with van der Waals surface area (Å²) in [6.07, 6.45) is 0. The van der Waals surface area contributed by atoms with Crippen molar-refractivity contribution in [2.24, 2.45) is 4.99 Å². The number of nitro groups is 1. The van der Waals surface area contributed by atoms with E-state index in [9.17, 15) is 14.9 Å². The molecule has 1 fully saturated rings. The molecule has 0 bridgehead atoms. The van der Waals surface area contributed by atoms with Crippen LogP contribution in [0, 0.1) is 17.0 Å². The number of methoxy groups -OCH3 is 1. The average Bonchev–Trinajstić information content (AvgIpc) is 3.00. The van der Waals surface area contributed by atoms with Crippen molar-refractivity contribution in [1.29, 1.82) is 0 Å². The summed E-state index contributed by atoms with van der Waals surface area (Å²) in [7, 11) is 1.36. The summed E-state index contributed by atoms with van der Waals surface area (Å²) in [5, 5.41) is 12.0. The molecule has 3 rings (SSSR count). The fourth-order valence-corrected chi connectivity index (χ4v) is 3.83. The predicted octanol–water partition coefficient (Wildman–Crippen LogP) is 4.18. The molecule has 1 atom stereocenters. The van der Waals surface area contributed by atoms with Crippen molar-refractivity contribution in [3.05, 3.63) is 63.7 Å². The van der Waals surface area contributed by atoms with E-state index in [0.29, 0.717) is 11.7 Å². The van der Waals surface area contributed by atoms with Gasteiger partial charge in [-0.25, -0.2) is 4.99 Å². The number of ether oxygens (including phenoxy) is 1. The molecule has 8 heteroatoms. The molecule has 1 amide bonds. The van der Waals surface area contributed by atoms with Crippen LogP contribution in [0.1, 0.15) is 22.8 Å². The number of nitrogens with zero attached hydrogens (tertiary/aromatic N) is 3. The Morgan fingerprint density at radius 2 is 2.11 bits per heavy atom. The lowest BCUT2D eigenvalue weighted by atomic mass is 10.1. The van der Waals surface area contributed by atoms with Crippen LogP contribution in [0.3, 0.4) is 0 Å². The summed E-state index contributed by atoms with van der Waals surface area (Å²) in [5.74, 6) is -0.196. The number of carbonyl (C=O) groups is 1. The fraction of sp³-hybridized carbons (Fsp3) is 0.263. The van der Waals surface area contributed by atoms with Gasteiger partial charge < -0.3 is 4.74 Å². The normalized spacial score (nSPS) is 18.0. The molecule has 1 aliphatic heterocycles. The first-order valence-corrected chi connectivity index (χ1v) is 9.23. The minimum atomic E-state index is -0.557. The molecule has 0 aliphatic carbocycles. The van der Waals surface area contributed by atoms with E-state index in [-0.39, 0.29) is 28.2 Å². The van der Waals surface area contributed by atoms with Crippen LogP contribution in [0.5, 0.6) is 5.75 Å². The van der Waals surface area contributed by atoms with Crippen molar-refractivity contribution < 1.29 is 14.5 Å². The predicted molar refractivity (Wildman–Crippen MR) is 106 cm³/mol. The molecule has 1 aliphatic rings. The third-order valence-electron chi connectivity index (χ3n) is 4.07. The van der Waals surface area contributed by atoms with E-state index in [0.717, 1.165) is 11.3 Å². The van der Waals surface area contributed by atoms with Crippen molar-refractivity contribution in [1.82, 2.24) is 4.90 Å². The van der Waals surface area contributed by atoms with Crippen molar-refractivity contribution in [3.8, 4) is 5.75 Å². The van der Waals surface area contributed by atoms with Crippen molar-refractivity contribution in [2.75, 3.05) is 13.7 Å². The van der Waals surface area contributed by atoms with Crippen LogP contribution >= 0.6 is 11.8 Å². The Labute approximate surface area is 161 Å². The van der Waals surface area contributed by atoms with Gasteiger partial charge in [0.15, 0.2) is 10.9 Å². The fourth-order valence-electron chi connectivity index (χ4n) is 2.80. The highest BCUT2D eigenvalue weighted by Gasteiger charge is 2.32. The first-order chi connectivity index (χ1) is 12.9. The second kappa shape index (κ2) is 7.79. The first-order valence-electron chi connectivity index (χ1n) is 8.35. The summed E-state index contributed by atoms with van der Waals surface area (Å²) in [6.45, 7) is 4.49. The van der Waals surface area contributed by atoms with Crippen molar-refractivity contribution >= 4 is 34.2 Å². The monoisotopic (exact) mass is 385 g/mol. The molecule has 0 spiro atoms. The van der Waals surface area contributed by atoms with Gasteiger partial charge in [-0.2, -0.15) is 0 Å². The van der Waals surface area contributed by atoms with Crippen LogP contribution in [0.15, 0.2) is 47.5 Å². The average molecular weight is 385 g/mol. The molecule has 1 saturated heterocycles. The molecule has 27 heavy (non-hydrogen) atoms. The first kappa shape index (κ1) is 18.9. The SMILES string of the molecule is COc1ccc(C(=O)N2C[C@H](C)SC2=Nc2cccc(C)c2)cc1[N+](=O)[O-]. The smallest absolute Gasteiger partial charge is 0.311 e. The summed E-state index contributed by atoms with van der Waals surface area (Å²) in [5.41, 5.74) is 1.84.